The van der Waals surface area contributed by atoms with E-state index in [4.69, 9.17) is 0 Å². The van der Waals surface area contributed by atoms with E-state index in [9.17, 15) is 0 Å². The van der Waals surface area contributed by atoms with Gasteiger partial charge in [0.25, 0.3) is 0 Å². The predicted molar refractivity (Wildman–Crippen MR) is 50.3 cm³/mol. The van der Waals surface area contributed by atoms with E-state index in [2.05, 4.69) is 46.0 Å². The van der Waals surface area contributed by atoms with E-state index in [1.165, 1.54) is 10.0 Å². The van der Waals surface area contributed by atoms with E-state index < -0.39 is 0 Å². The number of benzene rings is 1. The molecule has 54 valence electrons. The zero-order chi connectivity index (χ0) is 7.40. The van der Waals surface area contributed by atoms with Crippen molar-refractivity contribution in [1.29, 1.82) is 0 Å². The first-order chi connectivity index (χ1) is 4.88. The summed E-state index contributed by atoms with van der Waals surface area (Å²) in [6.45, 7) is 0. The summed E-state index contributed by atoms with van der Waals surface area (Å²) in [4.78, 5) is 0. The molecule has 1 aromatic rings. The number of halogens is 1. The Hall–Kier alpha value is 0.219. The van der Waals surface area contributed by atoms with Crippen molar-refractivity contribution in [3.05, 3.63) is 29.8 Å². The van der Waals surface area contributed by atoms with E-state index in [-0.39, 0.29) is 0 Å². The number of rotatable bonds is 2. The van der Waals surface area contributed by atoms with Crippen LogP contribution in [0, 0.1) is 0 Å². The summed E-state index contributed by atoms with van der Waals surface area (Å²) >= 11 is 4.09. The molecule has 0 unspecified atom stereocenters. The Morgan fingerprint density at radius 2 is 2.10 bits per heavy atom. The molecule has 0 atom stereocenters. The summed E-state index contributed by atoms with van der Waals surface area (Å²) in [5.74, 6) is 2.24. The first-order valence-electron chi connectivity index (χ1n) is 3.06. The fourth-order valence-electron chi connectivity index (χ4n) is 0.813. The molecule has 0 heterocycles. The molecule has 1 aromatic carbocycles. The molecule has 0 fully saturated rings. The molecular weight excluding hydrogens is 255 g/mol. The summed E-state index contributed by atoms with van der Waals surface area (Å²) in [5.41, 5.74) is 1.44. The summed E-state index contributed by atoms with van der Waals surface area (Å²) in [6, 6.07) is 8.57. The first kappa shape index (κ1) is 8.32. The van der Waals surface area contributed by atoms with E-state index >= 15 is 0 Å². The second-order valence-electron chi connectivity index (χ2n) is 1.95. The minimum absolute atomic E-state index is 0.629. The van der Waals surface area contributed by atoms with E-state index in [0.29, 0.717) is 15.0 Å². The van der Waals surface area contributed by atoms with Crippen LogP contribution in [-0.2, 0) is 5.33 Å². The zero-order valence-electron chi connectivity index (χ0n) is 5.80. The Bertz CT molecular complexity index is 187. The number of hydrogen-bond donors (Lipinski definition) is 0. The van der Waals surface area contributed by atoms with Crippen LogP contribution in [0.1, 0.15) is 5.56 Å². The third-order valence-corrected chi connectivity index (χ3v) is 3.70. The molecule has 0 amide bonds. The van der Waals surface area contributed by atoms with Gasteiger partial charge >= 0.3 is 76.3 Å². The normalized spacial score (nSPS) is 9.80. The van der Waals surface area contributed by atoms with Gasteiger partial charge in [0.1, 0.15) is 0 Å². The minimum atomic E-state index is 0.629. The van der Waals surface area contributed by atoms with E-state index in [1.807, 2.05) is 0 Å². The molecule has 0 aliphatic heterocycles. The molecular formula is C8H9BrSe. The van der Waals surface area contributed by atoms with Gasteiger partial charge in [-0.25, -0.2) is 0 Å². The van der Waals surface area contributed by atoms with Gasteiger partial charge in [-0.3, -0.25) is 0 Å². The number of hydrogen-bond acceptors (Lipinski definition) is 0. The van der Waals surface area contributed by atoms with Crippen molar-refractivity contribution in [3.8, 4) is 0 Å². The first-order valence-corrected chi connectivity index (χ1v) is 6.75. The second-order valence-corrected chi connectivity index (χ2v) is 4.29. The van der Waals surface area contributed by atoms with Crippen LogP contribution in [0.15, 0.2) is 24.3 Å². The van der Waals surface area contributed by atoms with Crippen molar-refractivity contribution in [3.63, 3.8) is 0 Å². The summed E-state index contributed by atoms with van der Waals surface area (Å²) in [7, 11) is 0. The predicted octanol–water partition coefficient (Wildman–Crippen LogP) is 1.96. The fraction of sp³-hybridized carbons (Fsp3) is 0.250. The van der Waals surface area contributed by atoms with Crippen molar-refractivity contribution in [2.45, 2.75) is 11.2 Å². The van der Waals surface area contributed by atoms with Crippen molar-refractivity contribution in [2.24, 2.45) is 0 Å². The van der Waals surface area contributed by atoms with Crippen molar-refractivity contribution < 1.29 is 0 Å². The van der Waals surface area contributed by atoms with Gasteiger partial charge in [0, 0.05) is 0 Å². The number of alkyl halides is 1. The Balaban J connectivity index is 2.96. The Kier molecular flexibility index (Phi) is 3.47. The standard InChI is InChI=1S/C8H9BrSe/c1-10-8-5-3-2-4-7(8)6-9/h2-5H,6H2,1H3. The van der Waals surface area contributed by atoms with Gasteiger partial charge in [-0.15, -0.1) is 0 Å². The average Bonchev–Trinajstić information content (AvgIpc) is 2.04. The molecule has 0 saturated heterocycles. The molecule has 0 aliphatic rings. The van der Waals surface area contributed by atoms with Crippen LogP contribution in [0.3, 0.4) is 0 Å². The van der Waals surface area contributed by atoms with Crippen molar-refractivity contribution in [2.75, 3.05) is 0 Å². The van der Waals surface area contributed by atoms with Gasteiger partial charge < -0.3 is 0 Å². The fourth-order valence-corrected chi connectivity index (χ4v) is 3.01. The summed E-state index contributed by atoms with van der Waals surface area (Å²) < 4.78 is 1.51. The topological polar surface area (TPSA) is 0 Å². The third kappa shape index (κ3) is 1.85. The van der Waals surface area contributed by atoms with Gasteiger partial charge in [-0.2, -0.15) is 0 Å². The monoisotopic (exact) mass is 264 g/mol. The van der Waals surface area contributed by atoms with Crippen LogP contribution in [0.4, 0.5) is 0 Å². The summed E-state index contributed by atoms with van der Waals surface area (Å²) in [5, 5.41) is 0.985. The molecule has 0 N–H and O–H groups in total. The van der Waals surface area contributed by atoms with Crippen LogP contribution >= 0.6 is 15.9 Å². The molecule has 1 rings (SSSR count). The van der Waals surface area contributed by atoms with Crippen molar-refractivity contribution in [1.82, 2.24) is 0 Å². The maximum atomic E-state index is 3.46. The molecule has 0 spiro atoms. The van der Waals surface area contributed by atoms with E-state index in [1.54, 1.807) is 0 Å². The third-order valence-electron chi connectivity index (χ3n) is 1.34. The van der Waals surface area contributed by atoms with Crippen LogP contribution in [-0.4, -0.2) is 15.0 Å². The summed E-state index contributed by atoms with van der Waals surface area (Å²) in [6.07, 6.45) is 0. The molecule has 10 heavy (non-hydrogen) atoms. The Labute approximate surface area is 76.3 Å². The van der Waals surface area contributed by atoms with Crippen molar-refractivity contribution >= 4 is 35.3 Å². The molecule has 0 bridgehead atoms. The van der Waals surface area contributed by atoms with Crippen LogP contribution in [0.25, 0.3) is 0 Å². The Morgan fingerprint density at radius 3 is 2.60 bits per heavy atom. The molecule has 0 saturated carbocycles. The SMILES string of the molecule is C[Se]c1ccccc1CBr. The van der Waals surface area contributed by atoms with Gasteiger partial charge in [0.05, 0.1) is 0 Å². The molecule has 2 heteroatoms. The van der Waals surface area contributed by atoms with Crippen LogP contribution in [0.5, 0.6) is 0 Å². The maximum absolute atomic E-state index is 3.46. The van der Waals surface area contributed by atoms with Gasteiger partial charge in [0.2, 0.25) is 0 Å². The molecule has 0 nitrogen and oxygen atoms in total. The van der Waals surface area contributed by atoms with E-state index in [0.717, 1.165) is 5.33 Å². The van der Waals surface area contributed by atoms with Crippen LogP contribution < -0.4 is 4.46 Å². The molecule has 0 aromatic heterocycles. The quantitative estimate of drug-likeness (QED) is 0.565. The van der Waals surface area contributed by atoms with Crippen LogP contribution in [0.2, 0.25) is 5.82 Å². The zero-order valence-corrected chi connectivity index (χ0v) is 9.10. The van der Waals surface area contributed by atoms with Gasteiger partial charge in [-0.05, 0) is 0 Å². The Morgan fingerprint density at radius 1 is 1.40 bits per heavy atom. The molecule has 0 radical (unpaired) electrons. The average molecular weight is 264 g/mol. The van der Waals surface area contributed by atoms with Gasteiger partial charge in [-0.1, -0.05) is 0 Å². The second kappa shape index (κ2) is 4.17. The molecule has 0 aliphatic carbocycles. The van der Waals surface area contributed by atoms with Gasteiger partial charge in [0.15, 0.2) is 0 Å².